The summed E-state index contributed by atoms with van der Waals surface area (Å²) in [6.07, 6.45) is -0.211. The second-order valence-electron chi connectivity index (χ2n) is 4.18. The van der Waals surface area contributed by atoms with Crippen LogP contribution in [0.1, 0.15) is 23.0 Å². The minimum Gasteiger partial charge on any atom is -0.496 e. The lowest BCUT2D eigenvalue weighted by molar-refractivity contribution is 0.148. The molecule has 2 rings (SSSR count). The first kappa shape index (κ1) is 13.2. The molecule has 1 aromatic carbocycles. The first-order valence-electron chi connectivity index (χ1n) is 5.67. The Labute approximate surface area is 115 Å². The SMILES string of the molecule is COc1ccc(C)cc1CC(O)c1ccc(Br)o1. The minimum absolute atomic E-state index is 0.463. The van der Waals surface area contributed by atoms with E-state index >= 15 is 0 Å². The lowest BCUT2D eigenvalue weighted by atomic mass is 10.0. The van der Waals surface area contributed by atoms with Gasteiger partial charge in [0.25, 0.3) is 0 Å². The van der Waals surface area contributed by atoms with Crippen molar-refractivity contribution in [1.82, 2.24) is 0 Å². The van der Waals surface area contributed by atoms with E-state index in [1.807, 2.05) is 25.1 Å². The van der Waals surface area contributed by atoms with Crippen LogP contribution < -0.4 is 4.74 Å². The second-order valence-corrected chi connectivity index (χ2v) is 4.96. The summed E-state index contributed by atoms with van der Waals surface area (Å²) < 4.78 is 11.3. The third-order valence-corrected chi connectivity index (χ3v) is 3.20. The van der Waals surface area contributed by atoms with E-state index in [4.69, 9.17) is 9.15 Å². The fourth-order valence-corrected chi connectivity index (χ4v) is 2.20. The summed E-state index contributed by atoms with van der Waals surface area (Å²) in [6.45, 7) is 2.01. The quantitative estimate of drug-likeness (QED) is 0.937. The summed E-state index contributed by atoms with van der Waals surface area (Å²) in [4.78, 5) is 0. The molecule has 1 aromatic heterocycles. The number of hydrogen-bond donors (Lipinski definition) is 1. The van der Waals surface area contributed by atoms with E-state index in [2.05, 4.69) is 15.9 Å². The van der Waals surface area contributed by atoms with Gasteiger partial charge in [-0.1, -0.05) is 17.7 Å². The Morgan fingerprint density at radius 2 is 2.11 bits per heavy atom. The van der Waals surface area contributed by atoms with Crippen molar-refractivity contribution < 1.29 is 14.3 Å². The van der Waals surface area contributed by atoms with Crippen LogP contribution >= 0.6 is 15.9 Å². The lowest BCUT2D eigenvalue weighted by Crippen LogP contribution is -2.02. The molecule has 4 heteroatoms. The van der Waals surface area contributed by atoms with Crippen molar-refractivity contribution in [2.45, 2.75) is 19.4 Å². The van der Waals surface area contributed by atoms with Crippen LogP contribution in [0.5, 0.6) is 5.75 Å². The zero-order valence-electron chi connectivity index (χ0n) is 10.3. The van der Waals surface area contributed by atoms with E-state index in [1.165, 1.54) is 0 Å². The third-order valence-electron chi connectivity index (χ3n) is 2.77. The molecule has 1 heterocycles. The summed E-state index contributed by atoms with van der Waals surface area (Å²) in [7, 11) is 1.63. The summed E-state index contributed by atoms with van der Waals surface area (Å²) in [5, 5.41) is 10.1. The number of halogens is 1. The minimum atomic E-state index is -0.674. The molecular weight excluding hydrogens is 296 g/mol. The van der Waals surface area contributed by atoms with E-state index in [9.17, 15) is 5.11 Å². The molecule has 2 aromatic rings. The van der Waals surface area contributed by atoms with Crippen LogP contribution in [-0.4, -0.2) is 12.2 Å². The average molecular weight is 311 g/mol. The predicted molar refractivity (Wildman–Crippen MR) is 72.8 cm³/mol. The van der Waals surface area contributed by atoms with Gasteiger partial charge in [-0.2, -0.15) is 0 Å². The summed E-state index contributed by atoms with van der Waals surface area (Å²) >= 11 is 3.22. The summed E-state index contributed by atoms with van der Waals surface area (Å²) in [5.74, 6) is 1.33. The van der Waals surface area contributed by atoms with E-state index in [0.29, 0.717) is 16.9 Å². The molecular formula is C14H15BrO3. The highest BCUT2D eigenvalue weighted by Crippen LogP contribution is 2.28. The standard InChI is InChI=1S/C14H15BrO3/c1-9-3-4-12(17-2)10(7-9)8-11(16)13-5-6-14(15)18-13/h3-7,11,16H,8H2,1-2H3. The smallest absolute Gasteiger partial charge is 0.169 e. The molecule has 0 amide bonds. The molecule has 0 saturated carbocycles. The predicted octanol–water partition coefficient (Wildman–Crippen LogP) is 3.64. The Hall–Kier alpha value is -1.26. The number of rotatable bonds is 4. The van der Waals surface area contributed by atoms with Gasteiger partial charge in [0, 0.05) is 6.42 Å². The van der Waals surface area contributed by atoms with Crippen LogP contribution in [0.25, 0.3) is 0 Å². The topological polar surface area (TPSA) is 42.6 Å². The van der Waals surface area contributed by atoms with Gasteiger partial charge >= 0.3 is 0 Å². The first-order chi connectivity index (χ1) is 8.60. The van der Waals surface area contributed by atoms with E-state index in [1.54, 1.807) is 19.2 Å². The molecule has 0 bridgehead atoms. The van der Waals surface area contributed by atoms with Gasteiger partial charge in [0.2, 0.25) is 0 Å². The Morgan fingerprint density at radius 3 is 2.72 bits per heavy atom. The van der Waals surface area contributed by atoms with Crippen LogP contribution in [0.3, 0.4) is 0 Å². The molecule has 18 heavy (non-hydrogen) atoms. The van der Waals surface area contributed by atoms with Gasteiger partial charge in [-0.25, -0.2) is 0 Å². The van der Waals surface area contributed by atoms with Gasteiger partial charge in [0.15, 0.2) is 4.67 Å². The molecule has 0 fully saturated rings. The van der Waals surface area contributed by atoms with Crippen LogP contribution in [0.15, 0.2) is 39.4 Å². The van der Waals surface area contributed by atoms with Crippen molar-refractivity contribution in [3.05, 3.63) is 51.9 Å². The summed E-state index contributed by atoms with van der Waals surface area (Å²) in [6, 6.07) is 9.44. The Bertz CT molecular complexity index is 534. The van der Waals surface area contributed by atoms with Crippen LogP contribution in [0, 0.1) is 6.92 Å². The van der Waals surface area contributed by atoms with Crippen molar-refractivity contribution in [3.8, 4) is 5.75 Å². The zero-order valence-corrected chi connectivity index (χ0v) is 11.9. The Kier molecular flexibility index (Phi) is 4.09. The molecule has 0 spiro atoms. The molecule has 1 N–H and O–H groups in total. The number of methoxy groups -OCH3 is 1. The molecule has 0 aliphatic rings. The number of aryl methyl sites for hydroxylation is 1. The molecule has 3 nitrogen and oxygen atoms in total. The van der Waals surface area contributed by atoms with Gasteiger partial charge in [-0.05, 0) is 46.6 Å². The van der Waals surface area contributed by atoms with E-state index in [0.717, 1.165) is 16.9 Å². The molecule has 96 valence electrons. The van der Waals surface area contributed by atoms with E-state index in [-0.39, 0.29) is 0 Å². The van der Waals surface area contributed by atoms with Gasteiger partial charge in [0.05, 0.1) is 7.11 Å². The van der Waals surface area contributed by atoms with Crippen LogP contribution in [-0.2, 0) is 6.42 Å². The molecule has 0 aliphatic carbocycles. The van der Waals surface area contributed by atoms with Gasteiger partial charge < -0.3 is 14.3 Å². The molecule has 1 unspecified atom stereocenters. The number of hydrogen-bond acceptors (Lipinski definition) is 3. The molecule has 0 radical (unpaired) electrons. The first-order valence-corrected chi connectivity index (χ1v) is 6.46. The van der Waals surface area contributed by atoms with E-state index < -0.39 is 6.10 Å². The molecule has 0 saturated heterocycles. The normalized spacial score (nSPS) is 12.4. The summed E-state index contributed by atoms with van der Waals surface area (Å²) in [5.41, 5.74) is 2.11. The highest BCUT2D eigenvalue weighted by atomic mass is 79.9. The highest BCUT2D eigenvalue weighted by molar-refractivity contribution is 9.10. The van der Waals surface area contributed by atoms with Crippen molar-refractivity contribution >= 4 is 15.9 Å². The van der Waals surface area contributed by atoms with Crippen molar-refractivity contribution in [2.24, 2.45) is 0 Å². The lowest BCUT2D eigenvalue weighted by Gasteiger charge is -2.12. The third kappa shape index (κ3) is 2.94. The molecule has 1 atom stereocenters. The largest absolute Gasteiger partial charge is 0.496 e. The zero-order chi connectivity index (χ0) is 13.1. The monoisotopic (exact) mass is 310 g/mol. The number of furan rings is 1. The van der Waals surface area contributed by atoms with Gasteiger partial charge in [-0.15, -0.1) is 0 Å². The maximum absolute atomic E-state index is 10.1. The number of ether oxygens (including phenoxy) is 1. The average Bonchev–Trinajstić information content (AvgIpc) is 2.76. The Balaban J connectivity index is 2.20. The van der Waals surface area contributed by atoms with Gasteiger partial charge in [-0.3, -0.25) is 0 Å². The highest BCUT2D eigenvalue weighted by Gasteiger charge is 2.15. The second kappa shape index (κ2) is 5.59. The van der Waals surface area contributed by atoms with Crippen molar-refractivity contribution in [1.29, 1.82) is 0 Å². The van der Waals surface area contributed by atoms with Crippen LogP contribution in [0.4, 0.5) is 0 Å². The number of aliphatic hydroxyl groups excluding tert-OH is 1. The maximum atomic E-state index is 10.1. The van der Waals surface area contributed by atoms with Crippen molar-refractivity contribution in [3.63, 3.8) is 0 Å². The number of aliphatic hydroxyl groups is 1. The fraction of sp³-hybridized carbons (Fsp3) is 0.286. The van der Waals surface area contributed by atoms with Gasteiger partial charge in [0.1, 0.15) is 17.6 Å². The fourth-order valence-electron chi connectivity index (χ4n) is 1.88. The van der Waals surface area contributed by atoms with Crippen LogP contribution in [0.2, 0.25) is 0 Å². The number of benzene rings is 1. The Morgan fingerprint density at radius 1 is 1.33 bits per heavy atom. The maximum Gasteiger partial charge on any atom is 0.169 e. The molecule has 0 aliphatic heterocycles. The van der Waals surface area contributed by atoms with Crippen molar-refractivity contribution in [2.75, 3.05) is 7.11 Å².